The molecular formula is C85H123F3N14O9. The molecule has 3 saturated carbocycles. The fourth-order valence-corrected chi connectivity index (χ4v) is 19.7. The molecule has 3 aromatic carbocycles. The number of Topliss-reactive ketones (excluding diaryl/α,β-unsaturated/α-hetero) is 3. The van der Waals surface area contributed by atoms with E-state index in [-0.39, 0.29) is 105 Å². The molecule has 3 aliphatic carbocycles. The second-order valence-electron chi connectivity index (χ2n) is 33.6. The summed E-state index contributed by atoms with van der Waals surface area (Å²) in [4.78, 5) is 131. The highest BCUT2D eigenvalue weighted by molar-refractivity contribution is 5.93. The van der Waals surface area contributed by atoms with Crippen LogP contribution in [-0.2, 0) is 62.4 Å². The van der Waals surface area contributed by atoms with E-state index >= 15 is 0 Å². The maximum Gasteiger partial charge on any atom is 0.245 e. The molecule has 0 spiro atoms. The van der Waals surface area contributed by atoms with Gasteiger partial charge in [0.25, 0.3) is 0 Å². The number of piperidine rings is 3. The molecule has 111 heavy (non-hydrogen) atoms. The highest BCUT2D eigenvalue weighted by atomic mass is 19.1. The largest absolute Gasteiger partial charge is 0.398 e. The molecule has 9 aliphatic rings. The summed E-state index contributed by atoms with van der Waals surface area (Å²) in [6.45, 7) is 14.4. The number of likely N-dealkylation sites (N-methyl/N-ethyl adjacent to an activating group) is 3. The zero-order valence-electron chi connectivity index (χ0n) is 66.6. The Balaban J connectivity index is 0.000000177. The number of hydrogen-bond donors (Lipinski definition) is 7. The zero-order valence-corrected chi connectivity index (χ0v) is 66.6. The summed E-state index contributed by atoms with van der Waals surface area (Å²) in [5.74, 6) is -0.649. The number of halogens is 3. The fourth-order valence-electron chi connectivity index (χ4n) is 19.7. The van der Waals surface area contributed by atoms with Crippen LogP contribution in [0.4, 0.5) is 18.9 Å². The van der Waals surface area contributed by atoms with Crippen LogP contribution < -0.4 is 37.6 Å². The maximum absolute atomic E-state index is 13.8. The Labute approximate surface area is 654 Å². The van der Waals surface area contributed by atoms with Crippen LogP contribution in [0.25, 0.3) is 0 Å². The van der Waals surface area contributed by atoms with Gasteiger partial charge in [-0.15, -0.1) is 0 Å². The number of likely N-dealkylation sites (tertiary alicyclic amines) is 3. The van der Waals surface area contributed by atoms with Gasteiger partial charge in [-0.2, -0.15) is 5.26 Å². The number of nitrogens with one attached hydrogen (secondary N) is 6. The number of benzene rings is 3. The van der Waals surface area contributed by atoms with Crippen molar-refractivity contribution in [1.82, 2.24) is 61.3 Å². The number of nitrogen functional groups attached to an aromatic ring is 1. The molecule has 3 aromatic rings. The van der Waals surface area contributed by atoms with Crippen molar-refractivity contribution >= 4 is 58.5 Å². The van der Waals surface area contributed by atoms with Gasteiger partial charge in [0.2, 0.25) is 35.4 Å². The number of rotatable bonds is 21. The first-order valence-corrected chi connectivity index (χ1v) is 41.2. The van der Waals surface area contributed by atoms with Gasteiger partial charge in [-0.3, -0.25) is 43.2 Å². The third-order valence-corrected chi connectivity index (χ3v) is 26.6. The van der Waals surface area contributed by atoms with Crippen LogP contribution in [0.3, 0.4) is 0 Å². The maximum atomic E-state index is 13.8. The molecule has 608 valence electrons. The zero-order chi connectivity index (χ0) is 79.6. The van der Waals surface area contributed by atoms with Crippen LogP contribution in [0.15, 0.2) is 60.7 Å². The van der Waals surface area contributed by atoms with Gasteiger partial charge in [0, 0.05) is 139 Å². The van der Waals surface area contributed by atoms with Crippen LogP contribution in [0.2, 0.25) is 0 Å². The van der Waals surface area contributed by atoms with Crippen molar-refractivity contribution in [2.24, 2.45) is 34.0 Å². The molecule has 6 unspecified atom stereocenters. The Morgan fingerprint density at radius 3 is 1.06 bits per heavy atom. The molecular weight excluding hydrogens is 1420 g/mol. The average Bonchev–Trinajstić information content (AvgIpc) is 0.785. The number of nitrogens with two attached hydrogens (primary N) is 1. The molecule has 9 fully saturated rings. The first-order valence-electron chi connectivity index (χ1n) is 41.2. The molecule has 6 aliphatic heterocycles. The van der Waals surface area contributed by atoms with Gasteiger partial charge in [0.15, 0.2) is 0 Å². The van der Waals surface area contributed by atoms with Gasteiger partial charge in [-0.1, -0.05) is 82.1 Å². The van der Waals surface area contributed by atoms with Crippen molar-refractivity contribution in [3.05, 3.63) is 100 Å². The number of nitriles is 1. The molecule has 6 amide bonds. The van der Waals surface area contributed by atoms with Gasteiger partial charge >= 0.3 is 0 Å². The van der Waals surface area contributed by atoms with Crippen molar-refractivity contribution in [3.8, 4) is 6.07 Å². The van der Waals surface area contributed by atoms with Crippen LogP contribution in [-0.4, -0.2) is 238 Å². The lowest BCUT2D eigenvalue weighted by atomic mass is 9.62. The molecule has 6 atom stereocenters. The highest BCUT2D eigenvalue weighted by Gasteiger charge is 2.50. The van der Waals surface area contributed by atoms with Crippen LogP contribution in [0.1, 0.15) is 178 Å². The predicted octanol–water partition coefficient (Wildman–Crippen LogP) is 7.06. The summed E-state index contributed by atoms with van der Waals surface area (Å²) in [6, 6.07) is 12.4. The van der Waals surface area contributed by atoms with E-state index in [9.17, 15) is 61.6 Å². The second kappa shape index (κ2) is 39.9. The standard InChI is InChI=1S/C29H40FN5O3.C28H42FN5O3.C28H41FN4O3/c1-20(36)29(23-6-4-3-5-7-23)10-13-35(14-11-29)28(38)25(17-21-8-9-24(30)16-22(21)18-31)33-27(37)26-19-34(2)15-12-32-26;1-19(35)28(21-6-4-3-5-7-21)10-13-34(14-11-28)27(37)24(16-20-8-9-22(29)17-23(20)30)32-26(36)25-18-33(2)15-12-31-25;1-20(34)28(22-6-4-3-5-7-22)12-15-33(16-13-28)27(36)24(18-21-8-10-23(29)11-9-21)31-26(35)25-19-32(2)17-14-30-25/h8-9,16,23,25-26,32H,3-7,10-15,17,19H2,1-2H3,(H,33,37);8-9,17,21,24-25,31H,3-7,10-16,18,30H2,1-2H3,(H,32,36);8-11,22,24-25,30H,3-7,12-19H2,1-2H3,(H,31,35). The van der Waals surface area contributed by atoms with E-state index < -0.39 is 41.8 Å². The smallest absolute Gasteiger partial charge is 0.245 e. The van der Waals surface area contributed by atoms with Gasteiger partial charge in [-0.25, -0.2) is 13.2 Å². The lowest BCUT2D eigenvalue weighted by Gasteiger charge is -2.47. The number of hydrogen-bond acceptors (Lipinski definition) is 17. The Morgan fingerprint density at radius 2 is 0.748 bits per heavy atom. The Morgan fingerprint density at radius 1 is 0.441 bits per heavy atom. The molecule has 23 nitrogen and oxygen atoms in total. The first-order chi connectivity index (χ1) is 53.2. The second-order valence-corrected chi connectivity index (χ2v) is 33.6. The topological polar surface area (TPSA) is 295 Å². The Hall–Kier alpha value is -7.67. The van der Waals surface area contributed by atoms with E-state index in [0.717, 1.165) is 82.6 Å². The third-order valence-electron chi connectivity index (χ3n) is 26.6. The number of piperazine rings is 3. The van der Waals surface area contributed by atoms with E-state index in [0.29, 0.717) is 152 Å². The average molecular weight is 1540 g/mol. The molecule has 26 heteroatoms. The van der Waals surface area contributed by atoms with Crippen molar-refractivity contribution in [2.45, 2.75) is 211 Å². The van der Waals surface area contributed by atoms with E-state index in [1.807, 2.05) is 32.1 Å². The molecule has 6 heterocycles. The fraction of sp³-hybridized carbons (Fsp3) is 0.671. The first kappa shape index (κ1) is 85.8. The van der Waals surface area contributed by atoms with E-state index in [1.165, 1.54) is 81.3 Å². The minimum atomic E-state index is -0.895. The van der Waals surface area contributed by atoms with Crippen molar-refractivity contribution < 1.29 is 56.3 Å². The molecule has 6 saturated heterocycles. The van der Waals surface area contributed by atoms with E-state index in [4.69, 9.17) is 5.73 Å². The minimum absolute atomic E-state index is 0.0906. The predicted molar refractivity (Wildman–Crippen MR) is 420 cm³/mol. The molecule has 0 bridgehead atoms. The van der Waals surface area contributed by atoms with Gasteiger partial charge in [-0.05, 0) is 190 Å². The molecule has 8 N–H and O–H groups in total. The van der Waals surface area contributed by atoms with Crippen LogP contribution >= 0.6 is 0 Å². The van der Waals surface area contributed by atoms with Crippen molar-refractivity contribution in [2.75, 3.05) is 125 Å². The van der Waals surface area contributed by atoms with Crippen LogP contribution in [0, 0.1) is 62.8 Å². The third kappa shape index (κ3) is 22.0. The van der Waals surface area contributed by atoms with E-state index in [1.54, 1.807) is 48.8 Å². The molecule has 12 rings (SSSR count). The summed E-state index contributed by atoms with van der Waals surface area (Å²) in [5.41, 5.74) is 7.33. The Bertz CT molecular complexity index is 3740. The van der Waals surface area contributed by atoms with E-state index in [2.05, 4.69) is 46.6 Å². The SMILES string of the molecule is CC(=O)C1(C2CCCCC2)CCN(C(=O)C(Cc2ccc(F)cc2)NC(=O)C2CN(C)CCN2)CC1.CC(=O)C1(C2CCCCC2)CCN(C(=O)C(Cc2ccc(F)cc2C#N)NC(=O)C2CN(C)CCN2)CC1.CC(=O)C1(C2CCCCC2)CCN(C(=O)C(Cc2ccc(F)cc2N)NC(=O)C2CN(C)CCN2)CC1. The summed E-state index contributed by atoms with van der Waals surface area (Å²) in [7, 11) is 5.89. The molecule has 0 radical (unpaired) electrons. The number of ketones is 3. The van der Waals surface area contributed by atoms with Crippen molar-refractivity contribution in [3.63, 3.8) is 0 Å². The summed E-state index contributed by atoms with van der Waals surface area (Å²) in [6.07, 6.45) is 21.7. The van der Waals surface area contributed by atoms with Gasteiger partial charge in [0.1, 0.15) is 52.9 Å². The summed E-state index contributed by atoms with van der Waals surface area (Å²) >= 11 is 0. The van der Waals surface area contributed by atoms with Gasteiger partial charge in [0.05, 0.1) is 29.8 Å². The molecule has 0 aromatic heterocycles. The number of carbonyl (C=O) groups is 9. The summed E-state index contributed by atoms with van der Waals surface area (Å²) < 4.78 is 40.9. The minimum Gasteiger partial charge on any atom is -0.398 e. The lowest BCUT2D eigenvalue weighted by Crippen LogP contribution is -2.60. The monoisotopic (exact) mass is 1540 g/mol. The van der Waals surface area contributed by atoms with Crippen molar-refractivity contribution in [1.29, 1.82) is 5.26 Å². The van der Waals surface area contributed by atoms with Crippen LogP contribution in [0.5, 0.6) is 0 Å². The normalized spacial score (nSPS) is 23.8. The number of amides is 6. The number of anilines is 1. The lowest BCUT2D eigenvalue weighted by molar-refractivity contribution is -0.144. The quantitative estimate of drug-likeness (QED) is 0.0525. The Kier molecular flexibility index (Phi) is 30.8. The summed E-state index contributed by atoms with van der Waals surface area (Å²) in [5, 5.41) is 28.1. The number of nitrogens with zero attached hydrogens (tertiary/aromatic N) is 7. The highest BCUT2D eigenvalue weighted by Crippen LogP contribution is 2.49. The van der Waals surface area contributed by atoms with Gasteiger partial charge < -0.3 is 67.0 Å². The number of carbonyl (C=O) groups excluding carboxylic acids is 9.